The molecule has 2 aromatic rings. The highest BCUT2D eigenvalue weighted by Crippen LogP contribution is 2.30. The molecule has 3 heteroatoms. The number of piperidine rings is 1. The van der Waals surface area contributed by atoms with Crippen LogP contribution in [0.4, 0.5) is 0 Å². The monoisotopic (exact) mass is 337 g/mol. The van der Waals surface area contributed by atoms with Crippen LogP contribution in [0.2, 0.25) is 0 Å². The van der Waals surface area contributed by atoms with Gasteiger partial charge >= 0.3 is 0 Å². The lowest BCUT2D eigenvalue weighted by molar-refractivity contribution is 0.0770. The Morgan fingerprint density at radius 2 is 1.88 bits per heavy atom. The van der Waals surface area contributed by atoms with E-state index in [0.717, 1.165) is 53.9 Å². The molecule has 1 saturated heterocycles. The molecule has 1 unspecified atom stereocenters. The Balaban J connectivity index is 1.48. The van der Waals surface area contributed by atoms with Crippen molar-refractivity contribution in [2.75, 3.05) is 26.7 Å². The lowest BCUT2D eigenvalue weighted by atomic mass is 9.83. The zero-order chi connectivity index (χ0) is 17.2. The van der Waals surface area contributed by atoms with Crippen LogP contribution in [0.25, 0.3) is 10.8 Å². The maximum atomic E-state index is 13.0. The van der Waals surface area contributed by atoms with Gasteiger partial charge in [-0.05, 0) is 67.1 Å². The molecular formula is C22H27NO2. The summed E-state index contributed by atoms with van der Waals surface area (Å²) >= 11 is 0. The molecule has 0 N–H and O–H groups in total. The number of nitrogens with zero attached hydrogens (tertiary/aromatic N) is 1. The van der Waals surface area contributed by atoms with Crippen LogP contribution in [0.3, 0.4) is 0 Å². The van der Waals surface area contributed by atoms with Crippen molar-refractivity contribution >= 4 is 16.6 Å². The number of likely N-dealkylation sites (tertiary alicyclic amines) is 1. The van der Waals surface area contributed by atoms with Gasteiger partial charge in [-0.15, -0.1) is 0 Å². The molecule has 2 aliphatic rings. The van der Waals surface area contributed by atoms with Crippen molar-refractivity contribution in [3.05, 3.63) is 42.0 Å². The quantitative estimate of drug-likeness (QED) is 0.750. The molecule has 1 aliphatic carbocycles. The van der Waals surface area contributed by atoms with E-state index in [4.69, 9.17) is 4.74 Å². The second-order valence-electron chi connectivity index (χ2n) is 7.69. The third-order valence-corrected chi connectivity index (χ3v) is 5.95. The number of methoxy groups -OCH3 is 1. The molecule has 3 nitrogen and oxygen atoms in total. The van der Waals surface area contributed by atoms with E-state index in [-0.39, 0.29) is 5.92 Å². The molecule has 1 atom stereocenters. The normalized spacial score (nSPS) is 21.9. The summed E-state index contributed by atoms with van der Waals surface area (Å²) in [6.07, 6.45) is 6.32. The number of carbonyl (C=O) groups is 1. The van der Waals surface area contributed by atoms with E-state index >= 15 is 0 Å². The Labute approximate surface area is 150 Å². The van der Waals surface area contributed by atoms with Crippen LogP contribution >= 0.6 is 0 Å². The van der Waals surface area contributed by atoms with Gasteiger partial charge in [0.25, 0.3) is 0 Å². The highest BCUT2D eigenvalue weighted by atomic mass is 16.5. The van der Waals surface area contributed by atoms with E-state index < -0.39 is 0 Å². The van der Waals surface area contributed by atoms with Gasteiger partial charge in [-0.2, -0.15) is 0 Å². The van der Waals surface area contributed by atoms with Gasteiger partial charge in [0.05, 0.1) is 7.11 Å². The molecule has 2 aromatic carbocycles. The standard InChI is InChI=1S/C22H27NO2/c1-25-21-10-9-17-12-19(8-7-18(17)13-21)22(24)20-6-3-11-23(15-20)14-16-4-2-5-16/h7-10,12-13,16,20H,2-6,11,14-15H2,1H3. The molecule has 0 radical (unpaired) electrons. The Kier molecular flexibility index (Phi) is 4.76. The molecule has 132 valence electrons. The number of ether oxygens (including phenoxy) is 1. The number of carbonyl (C=O) groups excluding carboxylic acids is 1. The number of benzene rings is 2. The maximum absolute atomic E-state index is 13.0. The molecule has 0 aromatic heterocycles. The smallest absolute Gasteiger partial charge is 0.167 e. The van der Waals surface area contributed by atoms with E-state index in [1.165, 1.54) is 25.8 Å². The van der Waals surface area contributed by atoms with Crippen molar-refractivity contribution in [3.8, 4) is 5.75 Å². The fourth-order valence-electron chi connectivity index (χ4n) is 4.22. The van der Waals surface area contributed by atoms with Gasteiger partial charge in [0, 0.05) is 24.6 Å². The minimum absolute atomic E-state index is 0.157. The van der Waals surface area contributed by atoms with Crippen LogP contribution in [0.15, 0.2) is 36.4 Å². The van der Waals surface area contributed by atoms with Gasteiger partial charge in [0.1, 0.15) is 5.75 Å². The van der Waals surface area contributed by atoms with Gasteiger partial charge in [-0.3, -0.25) is 4.79 Å². The van der Waals surface area contributed by atoms with Crippen molar-refractivity contribution in [2.24, 2.45) is 11.8 Å². The summed E-state index contributed by atoms with van der Waals surface area (Å²) in [6, 6.07) is 12.1. The predicted molar refractivity (Wildman–Crippen MR) is 101 cm³/mol. The van der Waals surface area contributed by atoms with Crippen LogP contribution < -0.4 is 4.74 Å². The molecule has 2 fully saturated rings. The van der Waals surface area contributed by atoms with Gasteiger partial charge < -0.3 is 9.64 Å². The van der Waals surface area contributed by atoms with Gasteiger partial charge in [-0.1, -0.05) is 24.6 Å². The third kappa shape index (κ3) is 3.57. The lowest BCUT2D eigenvalue weighted by Crippen LogP contribution is -2.42. The van der Waals surface area contributed by atoms with Crippen molar-refractivity contribution in [1.82, 2.24) is 4.90 Å². The van der Waals surface area contributed by atoms with E-state index in [2.05, 4.69) is 4.90 Å². The first-order valence-electron chi connectivity index (χ1n) is 9.57. The van der Waals surface area contributed by atoms with E-state index in [1.807, 2.05) is 36.4 Å². The van der Waals surface area contributed by atoms with Crippen molar-refractivity contribution in [1.29, 1.82) is 0 Å². The molecular weight excluding hydrogens is 310 g/mol. The van der Waals surface area contributed by atoms with Gasteiger partial charge in [0.15, 0.2) is 5.78 Å². The number of Topliss-reactive ketones (excluding diaryl/α,β-unsaturated/α-hetero) is 1. The van der Waals surface area contributed by atoms with E-state index in [9.17, 15) is 4.79 Å². The average Bonchev–Trinajstić information content (AvgIpc) is 2.63. The highest BCUT2D eigenvalue weighted by Gasteiger charge is 2.29. The predicted octanol–water partition coefficient (Wildman–Crippen LogP) is 4.54. The first-order valence-corrected chi connectivity index (χ1v) is 9.57. The number of ketones is 1. The van der Waals surface area contributed by atoms with Crippen LogP contribution in [-0.4, -0.2) is 37.4 Å². The van der Waals surface area contributed by atoms with Gasteiger partial charge in [-0.25, -0.2) is 0 Å². The fourth-order valence-corrected chi connectivity index (χ4v) is 4.22. The number of hydrogen-bond acceptors (Lipinski definition) is 3. The third-order valence-electron chi connectivity index (χ3n) is 5.95. The maximum Gasteiger partial charge on any atom is 0.167 e. The first-order chi connectivity index (χ1) is 12.2. The lowest BCUT2D eigenvalue weighted by Gasteiger charge is -2.37. The zero-order valence-electron chi connectivity index (χ0n) is 15.0. The largest absolute Gasteiger partial charge is 0.497 e. The second kappa shape index (κ2) is 7.17. The summed E-state index contributed by atoms with van der Waals surface area (Å²) in [5, 5.41) is 2.22. The zero-order valence-corrected chi connectivity index (χ0v) is 15.0. The minimum atomic E-state index is 0.157. The Bertz CT molecular complexity index is 766. The van der Waals surface area contributed by atoms with Crippen LogP contribution in [0.5, 0.6) is 5.75 Å². The molecule has 1 heterocycles. The summed E-state index contributed by atoms with van der Waals surface area (Å²) < 4.78 is 5.28. The average molecular weight is 337 g/mol. The van der Waals surface area contributed by atoms with Gasteiger partial charge in [0.2, 0.25) is 0 Å². The number of fused-ring (bicyclic) bond motifs is 1. The van der Waals surface area contributed by atoms with Crippen molar-refractivity contribution < 1.29 is 9.53 Å². The number of rotatable bonds is 5. The molecule has 25 heavy (non-hydrogen) atoms. The summed E-state index contributed by atoms with van der Waals surface area (Å²) in [5.41, 5.74) is 0.855. The fraction of sp³-hybridized carbons (Fsp3) is 0.500. The summed E-state index contributed by atoms with van der Waals surface area (Å²) in [5.74, 6) is 2.20. The Morgan fingerprint density at radius 3 is 2.64 bits per heavy atom. The molecule has 0 bridgehead atoms. The summed E-state index contributed by atoms with van der Waals surface area (Å²) in [6.45, 7) is 3.30. The Hall–Kier alpha value is -1.87. The highest BCUT2D eigenvalue weighted by molar-refractivity contribution is 6.01. The topological polar surface area (TPSA) is 29.5 Å². The minimum Gasteiger partial charge on any atom is -0.497 e. The first kappa shape index (κ1) is 16.6. The molecule has 1 saturated carbocycles. The van der Waals surface area contributed by atoms with Crippen molar-refractivity contribution in [2.45, 2.75) is 32.1 Å². The summed E-state index contributed by atoms with van der Waals surface area (Å²) in [7, 11) is 1.68. The second-order valence-corrected chi connectivity index (χ2v) is 7.69. The number of hydrogen-bond donors (Lipinski definition) is 0. The molecule has 4 rings (SSSR count). The van der Waals surface area contributed by atoms with Crippen LogP contribution in [0, 0.1) is 11.8 Å². The molecule has 1 aliphatic heterocycles. The van der Waals surface area contributed by atoms with E-state index in [0.29, 0.717) is 5.78 Å². The van der Waals surface area contributed by atoms with Crippen molar-refractivity contribution in [3.63, 3.8) is 0 Å². The van der Waals surface area contributed by atoms with E-state index in [1.54, 1.807) is 7.11 Å². The van der Waals surface area contributed by atoms with Crippen LogP contribution in [0.1, 0.15) is 42.5 Å². The SMILES string of the molecule is COc1ccc2cc(C(=O)C3CCCN(CC4CCC4)C3)ccc2c1. The summed E-state index contributed by atoms with van der Waals surface area (Å²) in [4.78, 5) is 15.6. The van der Waals surface area contributed by atoms with Crippen LogP contribution in [-0.2, 0) is 0 Å². The Morgan fingerprint density at radius 1 is 1.08 bits per heavy atom. The molecule has 0 spiro atoms. The molecule has 0 amide bonds.